The quantitative estimate of drug-likeness (QED) is 0.515. The molecule has 0 aliphatic rings. The molecule has 0 fully saturated rings. The molecule has 0 N–H and O–H groups in total. The average Bonchev–Trinajstić information content (AvgIpc) is 2.14. The van der Waals surface area contributed by atoms with Crippen LogP contribution in [0.1, 0.15) is 10.6 Å². The molecule has 7 heteroatoms. The molecule has 0 atom stereocenters. The van der Waals surface area contributed by atoms with E-state index in [0.29, 0.717) is 26.1 Å². The number of nitrogens with zero attached hydrogens (tertiary/aromatic N) is 4. The van der Waals surface area contributed by atoms with Crippen LogP contribution in [-0.4, -0.2) is 50.1 Å². The summed E-state index contributed by atoms with van der Waals surface area (Å²) in [5.41, 5.74) is 0. The van der Waals surface area contributed by atoms with Crippen LogP contribution in [0.15, 0.2) is 0 Å². The number of aromatic carboxylic acids is 1. The second kappa shape index (κ2) is 2.37. The summed E-state index contributed by atoms with van der Waals surface area (Å²) in [4.78, 5) is 9.94. The maximum atomic E-state index is 9.94. The summed E-state index contributed by atoms with van der Waals surface area (Å²) in [5.74, 6) is -1.74. The Morgan fingerprint density at radius 3 is 2.67 bits per heavy atom. The van der Waals surface area contributed by atoms with Gasteiger partial charge in [-0.2, -0.15) is 0 Å². The van der Waals surface area contributed by atoms with Gasteiger partial charge in [-0.3, -0.25) is 0 Å². The first-order valence-corrected chi connectivity index (χ1v) is 3.97. The molecule has 1 rings (SSSR count). The number of rotatable bonds is 1. The molecule has 44 valence electrons. The third kappa shape index (κ3) is 1.43. The summed E-state index contributed by atoms with van der Waals surface area (Å²) in [5, 5.41) is 19.9. The summed E-state index contributed by atoms with van der Waals surface area (Å²) < 4.78 is 1.21. The molecule has 0 spiro atoms. The van der Waals surface area contributed by atoms with Crippen LogP contribution in [0.2, 0.25) is 0 Å². The van der Waals surface area contributed by atoms with Crippen molar-refractivity contribution in [3.8, 4) is 0 Å². The molecule has 9 heavy (non-hydrogen) atoms. The van der Waals surface area contributed by atoms with E-state index < -0.39 is 5.97 Å². The van der Waals surface area contributed by atoms with Crippen molar-refractivity contribution >= 4 is 32.0 Å². The van der Waals surface area contributed by atoms with Crippen LogP contribution in [0, 0.1) is 0 Å². The predicted octanol–water partition coefficient (Wildman–Crippen LogP) is -3.03. The van der Waals surface area contributed by atoms with Gasteiger partial charge in [0.2, 0.25) is 0 Å². The van der Waals surface area contributed by atoms with Gasteiger partial charge >= 0.3 is 65.8 Å². The van der Waals surface area contributed by atoms with Gasteiger partial charge in [0.1, 0.15) is 0 Å². The Bertz CT molecular complexity index is 232. The van der Waals surface area contributed by atoms with Crippen LogP contribution in [0.25, 0.3) is 0 Å². The van der Waals surface area contributed by atoms with Gasteiger partial charge in [-0.15, -0.1) is 0 Å². The molecule has 0 aromatic carbocycles. The number of carboxylic acids is 1. The van der Waals surface area contributed by atoms with E-state index in [1.807, 2.05) is 0 Å². The predicted molar refractivity (Wildman–Crippen MR) is 23.3 cm³/mol. The Morgan fingerprint density at radius 1 is 1.78 bits per heavy atom. The molecule has 6 nitrogen and oxygen atoms in total. The molecule has 1 aromatic heterocycles. The van der Waals surface area contributed by atoms with Crippen molar-refractivity contribution < 1.29 is 9.90 Å². The van der Waals surface area contributed by atoms with E-state index >= 15 is 0 Å². The molecule has 0 saturated heterocycles. The van der Waals surface area contributed by atoms with Gasteiger partial charge < -0.3 is 0 Å². The molecule has 0 radical (unpaired) electrons. The monoisotopic (exact) mass is 317 g/mol. The Morgan fingerprint density at radius 2 is 2.44 bits per heavy atom. The first-order valence-electron chi connectivity index (χ1n) is 1.96. The second-order valence-electron chi connectivity index (χ2n) is 1.22. The van der Waals surface area contributed by atoms with E-state index in [-0.39, 0.29) is 5.82 Å². The average molecular weight is 316 g/mol. The zero-order valence-corrected chi connectivity index (χ0v) is 8.67. The van der Waals surface area contributed by atoms with Crippen LogP contribution >= 0.6 is 0 Å². The van der Waals surface area contributed by atoms with Crippen molar-refractivity contribution in [2.75, 3.05) is 0 Å². The molecule has 0 bridgehead atoms. The van der Waals surface area contributed by atoms with Gasteiger partial charge in [0, 0.05) is 0 Å². The number of tetrazole rings is 1. The number of hydrogen-bond donors (Lipinski definition) is 0. The van der Waals surface area contributed by atoms with Crippen LogP contribution in [0.4, 0.5) is 0 Å². The van der Waals surface area contributed by atoms with Crippen molar-refractivity contribution in [1.29, 1.82) is 0 Å². The van der Waals surface area contributed by atoms with Crippen molar-refractivity contribution in [2.45, 2.75) is 0 Å². The van der Waals surface area contributed by atoms with Crippen LogP contribution in [0.5, 0.6) is 0 Å². The minimum atomic E-state index is -1.39. The topological polar surface area (TPSA) is 83.7 Å². The van der Waals surface area contributed by atoms with Crippen molar-refractivity contribution in [2.24, 2.45) is 0 Å². The zero-order chi connectivity index (χ0) is 6.85. The van der Waals surface area contributed by atoms with Crippen LogP contribution in [0.3, 0.4) is 0 Å². The number of hydrogen-bond acceptors (Lipinski definition) is 5. The molecular formula is C2N4O2Tl-. The van der Waals surface area contributed by atoms with E-state index in [2.05, 4.69) is 15.4 Å². The Hall–Kier alpha value is -0.538. The SMILES string of the molecule is O=C([O-])c1nn[n]([Tl])n1. The summed E-state index contributed by atoms with van der Waals surface area (Å²) in [6.45, 7) is 0. The minimum absolute atomic E-state index is 0.343. The molecule has 1 heterocycles. The van der Waals surface area contributed by atoms with Gasteiger partial charge in [-0.25, -0.2) is 0 Å². The molecule has 0 aliphatic heterocycles. The molecular weight excluding hydrogens is 316 g/mol. The fourth-order valence-electron chi connectivity index (χ4n) is 0.307. The second-order valence-corrected chi connectivity index (χ2v) is 3.02. The Balaban J connectivity index is 2.98. The summed E-state index contributed by atoms with van der Waals surface area (Å²) in [6, 6.07) is 0. The normalized spacial score (nSPS) is 9.22. The standard InChI is InChI=1S/C2H2N4O2.Tl/c7-2(8)1-3-5-6-4-1;/h(H2,3,4,5,6,7,8);/q;+1/p-2. The fraction of sp³-hybridized carbons (Fsp3) is 0. The molecule has 0 unspecified atom stereocenters. The zero-order valence-electron chi connectivity index (χ0n) is 4.18. The fourth-order valence-corrected chi connectivity index (χ4v) is 0.933. The third-order valence-electron chi connectivity index (χ3n) is 0.611. The van der Waals surface area contributed by atoms with Crippen LogP contribution in [-0.2, 0) is 0 Å². The van der Waals surface area contributed by atoms with Crippen molar-refractivity contribution in [3.63, 3.8) is 0 Å². The van der Waals surface area contributed by atoms with Gasteiger partial charge in [0.05, 0.1) is 0 Å². The molecule has 0 saturated carbocycles. The summed E-state index contributed by atoms with van der Waals surface area (Å²) >= 11 is 0.343. The van der Waals surface area contributed by atoms with Crippen molar-refractivity contribution in [1.82, 2.24) is 18.0 Å². The first-order chi connectivity index (χ1) is 4.20. The van der Waals surface area contributed by atoms with E-state index in [1.165, 1.54) is 2.61 Å². The number of carboxylic acid groups (broad SMARTS) is 1. The van der Waals surface area contributed by atoms with Gasteiger partial charge in [-0.1, -0.05) is 0 Å². The molecule has 1 aromatic rings. The summed E-state index contributed by atoms with van der Waals surface area (Å²) in [6.07, 6.45) is 0. The number of aromatic nitrogens is 4. The van der Waals surface area contributed by atoms with E-state index in [1.54, 1.807) is 0 Å². The third-order valence-corrected chi connectivity index (χ3v) is 1.46. The van der Waals surface area contributed by atoms with Gasteiger partial charge in [-0.05, 0) is 0 Å². The van der Waals surface area contributed by atoms with Gasteiger partial charge in [0.15, 0.2) is 0 Å². The van der Waals surface area contributed by atoms with Gasteiger partial charge in [0.25, 0.3) is 0 Å². The number of carbonyl (C=O) groups is 1. The van der Waals surface area contributed by atoms with E-state index in [4.69, 9.17) is 0 Å². The number of carbonyl (C=O) groups excluding carboxylic acids is 1. The Kier molecular flexibility index (Phi) is 1.73. The van der Waals surface area contributed by atoms with Crippen molar-refractivity contribution in [3.05, 3.63) is 5.82 Å². The Labute approximate surface area is 66.0 Å². The van der Waals surface area contributed by atoms with Crippen LogP contribution < -0.4 is 5.11 Å². The molecule has 0 amide bonds. The maximum absolute atomic E-state index is 9.94. The van der Waals surface area contributed by atoms with E-state index in [0.717, 1.165) is 0 Å². The molecule has 0 aliphatic carbocycles. The summed E-state index contributed by atoms with van der Waals surface area (Å²) in [7, 11) is 0. The van der Waals surface area contributed by atoms with E-state index in [9.17, 15) is 9.90 Å². The first kappa shape index (κ1) is 6.58.